The van der Waals surface area contributed by atoms with Crippen molar-refractivity contribution in [3.8, 4) is 0 Å². The molecule has 0 saturated carbocycles. The normalized spacial score (nSPS) is 11.7. The number of aliphatic carboxylic acids is 2. The Balaban J connectivity index is 3.30. The van der Waals surface area contributed by atoms with Gasteiger partial charge in [0.05, 0.1) is 0 Å². The zero-order valence-corrected chi connectivity index (χ0v) is 24.4. The summed E-state index contributed by atoms with van der Waals surface area (Å²) >= 11 is 0. The Labute approximate surface area is 230 Å². The lowest BCUT2D eigenvalue weighted by Gasteiger charge is -2.24. The van der Waals surface area contributed by atoms with Crippen molar-refractivity contribution < 1.29 is 19.8 Å². The van der Waals surface area contributed by atoms with E-state index in [1.54, 1.807) is 0 Å². The fraction of sp³-hybridized carbons (Fsp3) is 0.879. The average molecular weight is 523 g/mol. The molecule has 0 bridgehead atoms. The van der Waals surface area contributed by atoms with E-state index in [9.17, 15) is 9.59 Å². The molecule has 4 heteroatoms. The first-order valence-corrected chi connectivity index (χ1v) is 16.0. The van der Waals surface area contributed by atoms with E-state index in [0.717, 1.165) is 38.5 Å². The molecule has 0 atom stereocenters. The molecule has 4 nitrogen and oxygen atoms in total. The first-order chi connectivity index (χ1) is 17.8. The highest BCUT2D eigenvalue weighted by Crippen LogP contribution is 2.30. The molecule has 0 rings (SSSR count). The highest BCUT2D eigenvalue weighted by molar-refractivity contribution is 5.66. The van der Waals surface area contributed by atoms with Gasteiger partial charge < -0.3 is 10.2 Å². The Morgan fingerprint density at radius 3 is 0.784 bits per heavy atom. The summed E-state index contributed by atoms with van der Waals surface area (Å²) in [4.78, 5) is 20.9. The van der Waals surface area contributed by atoms with Gasteiger partial charge >= 0.3 is 11.9 Å². The van der Waals surface area contributed by atoms with E-state index in [-0.39, 0.29) is 5.41 Å². The van der Waals surface area contributed by atoms with Crippen molar-refractivity contribution in [2.24, 2.45) is 5.41 Å². The molecular weight excluding hydrogens is 460 g/mol. The topological polar surface area (TPSA) is 74.6 Å². The number of carbonyl (C=O) groups is 2. The molecule has 2 N–H and O–H groups in total. The zero-order valence-electron chi connectivity index (χ0n) is 24.4. The van der Waals surface area contributed by atoms with E-state index in [1.807, 2.05) is 0 Å². The van der Waals surface area contributed by atoms with Crippen molar-refractivity contribution in [1.82, 2.24) is 0 Å². The molecule has 0 aliphatic rings. The molecule has 0 spiro atoms. The second kappa shape index (κ2) is 26.5. The highest BCUT2D eigenvalue weighted by atomic mass is 16.4. The van der Waals surface area contributed by atoms with Crippen LogP contribution in [-0.4, -0.2) is 22.2 Å². The largest absolute Gasteiger partial charge is 0.481 e. The summed E-state index contributed by atoms with van der Waals surface area (Å²) in [7, 11) is 0. The molecule has 0 aliphatic heterocycles. The molecule has 0 amide bonds. The Morgan fingerprint density at radius 1 is 0.378 bits per heavy atom. The Kier molecular flexibility index (Phi) is 25.8. The SMILES string of the molecule is [CH2]C([CH2])(CCCCCCCCCCCCCCC(=O)O)CCCCCCCCCCCCCCC(=O)O. The maximum Gasteiger partial charge on any atom is 0.303 e. The van der Waals surface area contributed by atoms with Crippen molar-refractivity contribution in [2.75, 3.05) is 0 Å². The molecule has 0 fully saturated rings. The van der Waals surface area contributed by atoms with Crippen LogP contribution in [0.2, 0.25) is 0 Å². The van der Waals surface area contributed by atoms with Crippen LogP contribution in [0.5, 0.6) is 0 Å². The van der Waals surface area contributed by atoms with Crippen LogP contribution in [0.25, 0.3) is 0 Å². The fourth-order valence-electron chi connectivity index (χ4n) is 5.21. The average Bonchev–Trinajstić information content (AvgIpc) is 2.84. The third kappa shape index (κ3) is 31.1. The van der Waals surface area contributed by atoms with Crippen LogP contribution in [0, 0.1) is 19.3 Å². The van der Waals surface area contributed by atoms with Crippen LogP contribution in [0.15, 0.2) is 0 Å². The van der Waals surface area contributed by atoms with Gasteiger partial charge in [0.2, 0.25) is 0 Å². The van der Waals surface area contributed by atoms with Crippen molar-refractivity contribution in [2.45, 2.75) is 180 Å². The van der Waals surface area contributed by atoms with Crippen molar-refractivity contribution in [3.05, 3.63) is 13.8 Å². The van der Waals surface area contributed by atoms with E-state index in [2.05, 4.69) is 13.8 Å². The molecule has 2 radical (unpaired) electrons. The number of unbranched alkanes of at least 4 members (excludes halogenated alkanes) is 22. The van der Waals surface area contributed by atoms with Gasteiger partial charge in [0, 0.05) is 12.8 Å². The molecule has 0 aromatic rings. The quantitative estimate of drug-likeness (QED) is 0.0920. The fourth-order valence-corrected chi connectivity index (χ4v) is 5.21. The second-order valence-electron chi connectivity index (χ2n) is 11.8. The van der Waals surface area contributed by atoms with Crippen LogP contribution in [0.3, 0.4) is 0 Å². The molecular formula is C33H62O4. The van der Waals surface area contributed by atoms with Gasteiger partial charge in [-0.25, -0.2) is 0 Å². The minimum absolute atomic E-state index is 0.00886. The molecule has 0 heterocycles. The summed E-state index contributed by atoms with van der Waals surface area (Å²) in [5.74, 6) is -1.33. The first kappa shape index (κ1) is 35.9. The van der Waals surface area contributed by atoms with Gasteiger partial charge in [0.1, 0.15) is 0 Å². The Morgan fingerprint density at radius 2 is 0.568 bits per heavy atom. The lowest BCUT2D eigenvalue weighted by Crippen LogP contribution is -2.12. The number of hydrogen-bond acceptors (Lipinski definition) is 2. The standard InChI is InChI=1S/C33H62O4/c1-33(2,29-25-21-17-13-9-5-3-7-11-15-19-23-27-31(34)35)30-26-22-18-14-10-6-4-8-12-16-20-24-28-32(36)37/h1-30H2,(H,34,35)(H,36,37). The van der Waals surface area contributed by atoms with E-state index in [1.165, 1.54) is 128 Å². The summed E-state index contributed by atoms with van der Waals surface area (Å²) in [5.41, 5.74) is 0.00886. The third-order valence-corrected chi connectivity index (χ3v) is 7.70. The summed E-state index contributed by atoms with van der Waals surface area (Å²) in [5, 5.41) is 17.3. The van der Waals surface area contributed by atoms with E-state index in [4.69, 9.17) is 10.2 Å². The van der Waals surface area contributed by atoms with Crippen molar-refractivity contribution >= 4 is 11.9 Å². The van der Waals surface area contributed by atoms with Crippen molar-refractivity contribution in [1.29, 1.82) is 0 Å². The maximum atomic E-state index is 10.5. The molecule has 0 aromatic carbocycles. The molecule has 0 unspecified atom stereocenters. The number of carboxylic acids is 2. The number of hydrogen-bond donors (Lipinski definition) is 2. The molecule has 37 heavy (non-hydrogen) atoms. The molecule has 0 aromatic heterocycles. The predicted molar refractivity (Wildman–Crippen MR) is 158 cm³/mol. The summed E-state index contributed by atoms with van der Waals surface area (Å²) in [6, 6.07) is 0. The molecule has 0 aliphatic carbocycles. The van der Waals surface area contributed by atoms with E-state index in [0.29, 0.717) is 12.8 Å². The molecule has 0 saturated heterocycles. The Bertz CT molecular complexity index is 470. The minimum atomic E-state index is -0.666. The minimum Gasteiger partial charge on any atom is -0.481 e. The zero-order chi connectivity index (χ0) is 27.5. The van der Waals surface area contributed by atoms with E-state index < -0.39 is 11.9 Å². The van der Waals surface area contributed by atoms with Gasteiger partial charge in [-0.15, -0.1) is 0 Å². The summed E-state index contributed by atoms with van der Waals surface area (Å²) in [6.07, 6.45) is 32.9. The number of rotatable bonds is 30. The molecule has 218 valence electrons. The van der Waals surface area contributed by atoms with Gasteiger partial charge in [0.15, 0.2) is 0 Å². The lowest BCUT2D eigenvalue weighted by atomic mass is 9.81. The van der Waals surface area contributed by atoms with E-state index >= 15 is 0 Å². The number of carboxylic acid groups (broad SMARTS) is 2. The van der Waals surface area contributed by atoms with Gasteiger partial charge in [-0.2, -0.15) is 0 Å². The van der Waals surface area contributed by atoms with Gasteiger partial charge in [-0.1, -0.05) is 141 Å². The smallest absolute Gasteiger partial charge is 0.303 e. The monoisotopic (exact) mass is 522 g/mol. The van der Waals surface area contributed by atoms with Crippen LogP contribution in [-0.2, 0) is 9.59 Å². The van der Waals surface area contributed by atoms with Crippen LogP contribution < -0.4 is 0 Å². The summed E-state index contributed by atoms with van der Waals surface area (Å²) < 4.78 is 0. The van der Waals surface area contributed by atoms with Crippen molar-refractivity contribution in [3.63, 3.8) is 0 Å². The second-order valence-corrected chi connectivity index (χ2v) is 11.8. The van der Waals surface area contributed by atoms with Crippen LogP contribution in [0.4, 0.5) is 0 Å². The van der Waals surface area contributed by atoms with Crippen LogP contribution in [0.1, 0.15) is 180 Å². The van der Waals surface area contributed by atoms with Crippen LogP contribution >= 0.6 is 0 Å². The Hall–Kier alpha value is -1.06. The maximum absolute atomic E-state index is 10.5. The first-order valence-electron chi connectivity index (χ1n) is 16.0. The van der Waals surface area contributed by atoms with Gasteiger partial charge in [0.25, 0.3) is 0 Å². The van der Waals surface area contributed by atoms with Gasteiger partial charge in [-0.3, -0.25) is 9.59 Å². The highest BCUT2D eigenvalue weighted by Gasteiger charge is 2.16. The van der Waals surface area contributed by atoms with Gasteiger partial charge in [-0.05, 0) is 44.9 Å². The predicted octanol–water partition coefficient (Wildman–Crippen LogP) is 10.7. The lowest BCUT2D eigenvalue weighted by molar-refractivity contribution is -0.138. The summed E-state index contributed by atoms with van der Waals surface area (Å²) in [6.45, 7) is 8.81. The third-order valence-electron chi connectivity index (χ3n) is 7.70.